The quantitative estimate of drug-likeness (QED) is 0.793. The van der Waals surface area contributed by atoms with Crippen LogP contribution < -0.4 is 4.90 Å². The third kappa shape index (κ3) is 2.81. The van der Waals surface area contributed by atoms with Crippen molar-refractivity contribution >= 4 is 22.4 Å². The van der Waals surface area contributed by atoms with Gasteiger partial charge in [-0.15, -0.1) is 0 Å². The second-order valence-electron chi connectivity index (χ2n) is 6.51. The Hall–Kier alpha value is -1.81. The van der Waals surface area contributed by atoms with Crippen molar-refractivity contribution in [3.8, 4) is 0 Å². The minimum Gasteiger partial charge on any atom is -0.453 e. The lowest BCUT2D eigenvalue weighted by molar-refractivity contribution is 0.0831. The first kappa shape index (κ1) is 14.1. The first-order chi connectivity index (χ1) is 9.95. The normalized spacial score (nSPS) is 16.4. The Labute approximate surface area is 124 Å². The van der Waals surface area contributed by atoms with Gasteiger partial charge in [0.15, 0.2) is 5.76 Å². The standard InChI is InChI=1S/C17H21NO3/c1-17(2,3)16(19)15-11-12-10-13(4-5-14(12)21-15)18-6-8-20-9-7-18/h4-5,10-11H,6-9H2,1-3H3. The number of benzene rings is 1. The molecule has 0 radical (unpaired) electrons. The van der Waals surface area contributed by atoms with Crippen LogP contribution in [0, 0.1) is 5.41 Å². The summed E-state index contributed by atoms with van der Waals surface area (Å²) in [6, 6.07) is 7.93. The van der Waals surface area contributed by atoms with Gasteiger partial charge < -0.3 is 14.1 Å². The predicted octanol–water partition coefficient (Wildman–Crippen LogP) is 3.50. The smallest absolute Gasteiger partial charge is 0.203 e. The number of ether oxygens (including phenoxy) is 1. The number of rotatable bonds is 2. The number of ketones is 1. The molecule has 0 aliphatic carbocycles. The minimum absolute atomic E-state index is 0.0339. The van der Waals surface area contributed by atoms with Gasteiger partial charge in [0.25, 0.3) is 0 Å². The number of hydrogen-bond donors (Lipinski definition) is 0. The Morgan fingerprint density at radius 1 is 1.14 bits per heavy atom. The third-order valence-corrected chi connectivity index (χ3v) is 3.78. The van der Waals surface area contributed by atoms with Gasteiger partial charge in [0.1, 0.15) is 5.58 Å². The van der Waals surface area contributed by atoms with E-state index in [0.717, 1.165) is 43.0 Å². The Kier molecular flexibility index (Phi) is 3.49. The van der Waals surface area contributed by atoms with E-state index < -0.39 is 5.41 Å². The van der Waals surface area contributed by atoms with Crippen LogP contribution in [0.1, 0.15) is 31.3 Å². The lowest BCUT2D eigenvalue weighted by Gasteiger charge is -2.28. The number of nitrogens with zero attached hydrogens (tertiary/aromatic N) is 1. The monoisotopic (exact) mass is 287 g/mol. The Balaban J connectivity index is 1.93. The molecule has 2 heterocycles. The summed E-state index contributed by atoms with van der Waals surface area (Å²) in [4.78, 5) is 14.6. The maximum Gasteiger partial charge on any atom is 0.203 e. The first-order valence-electron chi connectivity index (χ1n) is 7.36. The molecule has 4 nitrogen and oxygen atoms in total. The second-order valence-corrected chi connectivity index (χ2v) is 6.51. The molecule has 0 atom stereocenters. The van der Waals surface area contributed by atoms with Gasteiger partial charge in [-0.25, -0.2) is 0 Å². The number of hydrogen-bond acceptors (Lipinski definition) is 4. The van der Waals surface area contributed by atoms with Crippen molar-refractivity contribution in [1.82, 2.24) is 0 Å². The number of furan rings is 1. The molecule has 112 valence electrons. The van der Waals surface area contributed by atoms with Crippen molar-refractivity contribution < 1.29 is 13.9 Å². The zero-order valence-electron chi connectivity index (χ0n) is 12.8. The van der Waals surface area contributed by atoms with Crippen LogP contribution in [0.15, 0.2) is 28.7 Å². The van der Waals surface area contributed by atoms with Crippen molar-refractivity contribution in [1.29, 1.82) is 0 Å². The summed E-state index contributed by atoms with van der Waals surface area (Å²) in [5.41, 5.74) is 1.49. The van der Waals surface area contributed by atoms with Crippen molar-refractivity contribution in [3.63, 3.8) is 0 Å². The number of carbonyl (C=O) groups is 1. The molecule has 0 bridgehead atoms. The van der Waals surface area contributed by atoms with Crippen molar-refractivity contribution in [2.45, 2.75) is 20.8 Å². The summed E-state index contributed by atoms with van der Waals surface area (Å²) in [7, 11) is 0. The molecule has 21 heavy (non-hydrogen) atoms. The largest absolute Gasteiger partial charge is 0.453 e. The van der Waals surface area contributed by atoms with Crippen LogP contribution in [0.4, 0.5) is 5.69 Å². The SMILES string of the molecule is CC(C)(C)C(=O)c1cc2cc(N3CCOCC3)ccc2o1. The zero-order chi connectivity index (χ0) is 15.0. The molecule has 2 aromatic rings. The minimum atomic E-state index is -0.430. The van der Waals surface area contributed by atoms with Crippen LogP contribution in [0.3, 0.4) is 0 Å². The molecule has 1 fully saturated rings. The van der Waals surface area contributed by atoms with E-state index in [1.165, 1.54) is 0 Å². The van der Waals surface area contributed by atoms with E-state index in [-0.39, 0.29) is 5.78 Å². The molecule has 3 rings (SSSR count). The van der Waals surface area contributed by atoms with Gasteiger partial charge >= 0.3 is 0 Å². The van der Waals surface area contributed by atoms with Gasteiger partial charge in [0.05, 0.1) is 13.2 Å². The van der Waals surface area contributed by atoms with Gasteiger partial charge in [-0.1, -0.05) is 20.8 Å². The molecule has 1 aliphatic rings. The molecule has 0 unspecified atom stereocenters. The molecular formula is C17H21NO3. The molecule has 0 spiro atoms. The van der Waals surface area contributed by atoms with Gasteiger partial charge in [0, 0.05) is 29.6 Å². The summed E-state index contributed by atoms with van der Waals surface area (Å²) < 4.78 is 11.1. The highest BCUT2D eigenvalue weighted by atomic mass is 16.5. The summed E-state index contributed by atoms with van der Waals surface area (Å²) in [6.45, 7) is 9.04. The van der Waals surface area contributed by atoms with Crippen LogP contribution >= 0.6 is 0 Å². The van der Waals surface area contributed by atoms with Gasteiger partial charge in [-0.05, 0) is 24.3 Å². The van der Waals surface area contributed by atoms with Crippen LogP contribution in [0.5, 0.6) is 0 Å². The Morgan fingerprint density at radius 3 is 2.52 bits per heavy atom. The molecule has 0 N–H and O–H groups in total. The van der Waals surface area contributed by atoms with E-state index in [0.29, 0.717) is 5.76 Å². The van der Waals surface area contributed by atoms with Gasteiger partial charge in [-0.2, -0.15) is 0 Å². The van der Waals surface area contributed by atoms with Gasteiger partial charge in [0.2, 0.25) is 5.78 Å². The fourth-order valence-corrected chi connectivity index (χ4v) is 2.53. The van der Waals surface area contributed by atoms with Crippen molar-refractivity contribution in [2.75, 3.05) is 31.2 Å². The molecule has 0 amide bonds. The second kappa shape index (κ2) is 5.19. The van der Waals surface area contributed by atoms with E-state index in [2.05, 4.69) is 11.0 Å². The molecule has 1 saturated heterocycles. The maximum absolute atomic E-state index is 12.3. The molecule has 1 aliphatic heterocycles. The summed E-state index contributed by atoms with van der Waals surface area (Å²) in [5.74, 6) is 0.475. The van der Waals surface area contributed by atoms with Gasteiger partial charge in [-0.3, -0.25) is 4.79 Å². The lowest BCUT2D eigenvalue weighted by atomic mass is 9.89. The van der Waals surface area contributed by atoms with E-state index in [1.54, 1.807) is 0 Å². The Morgan fingerprint density at radius 2 is 1.86 bits per heavy atom. The molecule has 1 aromatic heterocycles. The highest BCUT2D eigenvalue weighted by Gasteiger charge is 2.26. The van der Waals surface area contributed by atoms with E-state index in [1.807, 2.05) is 39.0 Å². The van der Waals surface area contributed by atoms with E-state index in [4.69, 9.17) is 9.15 Å². The zero-order valence-corrected chi connectivity index (χ0v) is 12.8. The highest BCUT2D eigenvalue weighted by Crippen LogP contribution is 2.29. The highest BCUT2D eigenvalue weighted by molar-refractivity contribution is 6.01. The Bertz CT molecular complexity index is 660. The molecule has 0 saturated carbocycles. The van der Waals surface area contributed by atoms with Crippen molar-refractivity contribution in [3.05, 3.63) is 30.0 Å². The maximum atomic E-state index is 12.3. The van der Waals surface area contributed by atoms with Crippen molar-refractivity contribution in [2.24, 2.45) is 5.41 Å². The molecule has 4 heteroatoms. The van der Waals surface area contributed by atoms with Crippen LogP contribution in [0.2, 0.25) is 0 Å². The molecular weight excluding hydrogens is 266 g/mol. The van der Waals surface area contributed by atoms with Crippen LogP contribution in [-0.4, -0.2) is 32.1 Å². The number of morpholine rings is 1. The van der Waals surface area contributed by atoms with E-state index in [9.17, 15) is 4.79 Å². The van der Waals surface area contributed by atoms with Crippen LogP contribution in [0.25, 0.3) is 11.0 Å². The summed E-state index contributed by atoms with van der Waals surface area (Å²) >= 11 is 0. The summed E-state index contributed by atoms with van der Waals surface area (Å²) in [6.07, 6.45) is 0. The fraction of sp³-hybridized carbons (Fsp3) is 0.471. The molecule has 1 aromatic carbocycles. The first-order valence-corrected chi connectivity index (χ1v) is 7.36. The number of anilines is 1. The average molecular weight is 287 g/mol. The fourth-order valence-electron chi connectivity index (χ4n) is 2.53. The lowest BCUT2D eigenvalue weighted by Crippen LogP contribution is -2.36. The number of carbonyl (C=O) groups excluding carboxylic acids is 1. The topological polar surface area (TPSA) is 42.7 Å². The van der Waals surface area contributed by atoms with Crippen LogP contribution in [-0.2, 0) is 4.74 Å². The van der Waals surface area contributed by atoms with E-state index >= 15 is 0 Å². The third-order valence-electron chi connectivity index (χ3n) is 3.78. The number of Topliss-reactive ketones (excluding diaryl/α,β-unsaturated/α-hetero) is 1. The summed E-state index contributed by atoms with van der Waals surface area (Å²) in [5, 5.41) is 0.978. The average Bonchev–Trinajstić information content (AvgIpc) is 2.89. The predicted molar refractivity (Wildman–Crippen MR) is 83.0 cm³/mol. The number of fused-ring (bicyclic) bond motifs is 1.